The summed E-state index contributed by atoms with van der Waals surface area (Å²) in [5.41, 5.74) is 1.34. The fourth-order valence-electron chi connectivity index (χ4n) is 1.26. The van der Waals surface area contributed by atoms with E-state index in [1.807, 2.05) is 6.07 Å². The summed E-state index contributed by atoms with van der Waals surface area (Å²) >= 11 is 7.48. The van der Waals surface area contributed by atoms with Gasteiger partial charge in [0, 0.05) is 11.4 Å². The maximum Gasteiger partial charge on any atom is 0.0934 e. The highest BCUT2D eigenvalue weighted by molar-refractivity contribution is 7.17. The lowest BCUT2D eigenvalue weighted by Crippen LogP contribution is -2.21. The molecule has 0 unspecified atom stereocenters. The smallest absolute Gasteiger partial charge is 0.0934 e. The Labute approximate surface area is 101 Å². The molecule has 0 amide bonds. The molecular weight excluding hydrogens is 226 g/mol. The molecule has 1 nitrogen and oxygen atoms in total. The molecule has 0 atom stereocenters. The number of halogens is 1. The van der Waals surface area contributed by atoms with Crippen LogP contribution in [0, 0.1) is 5.92 Å². The molecule has 0 saturated carbocycles. The van der Waals surface area contributed by atoms with E-state index >= 15 is 0 Å². The largest absolute Gasteiger partial charge is 0.313 e. The lowest BCUT2D eigenvalue weighted by Gasteiger charge is -2.06. The van der Waals surface area contributed by atoms with Gasteiger partial charge >= 0.3 is 0 Å². The van der Waals surface area contributed by atoms with Crippen molar-refractivity contribution < 1.29 is 0 Å². The number of hydrogen-bond acceptors (Lipinski definition) is 2. The summed E-state index contributed by atoms with van der Waals surface area (Å²) in [6.07, 6.45) is 2.18. The molecule has 0 spiro atoms. The highest BCUT2D eigenvalue weighted by Gasteiger charge is 1.97. The molecule has 1 rings (SSSR count). The molecule has 3 heteroatoms. The van der Waals surface area contributed by atoms with Crippen molar-refractivity contribution in [3.63, 3.8) is 0 Å². The van der Waals surface area contributed by atoms with Gasteiger partial charge in [0.25, 0.3) is 0 Å². The monoisotopic (exact) mass is 243 g/mol. The second kappa shape index (κ2) is 6.31. The van der Waals surface area contributed by atoms with Crippen molar-refractivity contribution in [2.75, 3.05) is 13.1 Å². The van der Waals surface area contributed by atoms with Gasteiger partial charge in [-0.15, -0.1) is 11.3 Å². The first-order chi connectivity index (χ1) is 7.08. The summed E-state index contributed by atoms with van der Waals surface area (Å²) in [4.78, 5) is 1.23. The van der Waals surface area contributed by atoms with Crippen molar-refractivity contribution in [2.45, 2.75) is 20.8 Å². The van der Waals surface area contributed by atoms with E-state index in [4.69, 9.17) is 11.6 Å². The van der Waals surface area contributed by atoms with Gasteiger partial charge in [-0.25, -0.2) is 0 Å². The van der Waals surface area contributed by atoms with Crippen LogP contribution in [0.5, 0.6) is 0 Å². The minimum absolute atomic E-state index is 0.703. The van der Waals surface area contributed by atoms with E-state index in [-0.39, 0.29) is 0 Å². The van der Waals surface area contributed by atoms with Gasteiger partial charge in [-0.2, -0.15) is 0 Å². The molecular formula is C12H18ClNS. The van der Waals surface area contributed by atoms with Crippen LogP contribution in [0.25, 0.3) is 6.08 Å². The molecule has 15 heavy (non-hydrogen) atoms. The lowest BCUT2D eigenvalue weighted by atomic mass is 10.2. The van der Waals surface area contributed by atoms with Gasteiger partial charge in [0.05, 0.1) is 4.34 Å². The normalized spacial score (nSPS) is 12.5. The Bertz CT molecular complexity index is 328. The van der Waals surface area contributed by atoms with Crippen molar-refractivity contribution in [1.82, 2.24) is 5.32 Å². The molecule has 0 radical (unpaired) electrons. The van der Waals surface area contributed by atoms with Gasteiger partial charge in [0.1, 0.15) is 0 Å². The molecule has 0 fully saturated rings. The number of hydrogen-bond donors (Lipinski definition) is 1. The van der Waals surface area contributed by atoms with Crippen LogP contribution in [-0.4, -0.2) is 13.1 Å². The van der Waals surface area contributed by atoms with Gasteiger partial charge in [-0.05, 0) is 37.6 Å². The molecule has 1 aromatic heterocycles. The molecule has 0 aromatic carbocycles. The van der Waals surface area contributed by atoms with Crippen LogP contribution in [-0.2, 0) is 0 Å². The second-order valence-electron chi connectivity index (χ2n) is 4.16. The zero-order valence-electron chi connectivity index (χ0n) is 9.51. The van der Waals surface area contributed by atoms with Crippen molar-refractivity contribution in [3.05, 3.63) is 26.9 Å². The summed E-state index contributed by atoms with van der Waals surface area (Å²) < 4.78 is 0.851. The third kappa shape index (κ3) is 5.36. The average molecular weight is 244 g/mol. The first kappa shape index (κ1) is 12.8. The van der Waals surface area contributed by atoms with Gasteiger partial charge in [-0.3, -0.25) is 0 Å². The summed E-state index contributed by atoms with van der Waals surface area (Å²) in [7, 11) is 0. The minimum atomic E-state index is 0.703. The van der Waals surface area contributed by atoms with Crippen molar-refractivity contribution >= 4 is 29.0 Å². The molecule has 1 heterocycles. The number of rotatable bonds is 5. The van der Waals surface area contributed by atoms with E-state index in [1.165, 1.54) is 10.5 Å². The first-order valence-corrected chi connectivity index (χ1v) is 6.40. The zero-order chi connectivity index (χ0) is 11.3. The summed E-state index contributed by atoms with van der Waals surface area (Å²) in [6.45, 7) is 8.58. The summed E-state index contributed by atoms with van der Waals surface area (Å²) in [5.74, 6) is 0.703. The Morgan fingerprint density at radius 2 is 2.27 bits per heavy atom. The van der Waals surface area contributed by atoms with Gasteiger partial charge in [0.2, 0.25) is 0 Å². The maximum atomic E-state index is 5.86. The molecule has 0 bridgehead atoms. The van der Waals surface area contributed by atoms with E-state index in [1.54, 1.807) is 11.3 Å². The molecule has 0 saturated heterocycles. The Kier molecular flexibility index (Phi) is 5.37. The van der Waals surface area contributed by atoms with E-state index in [0.717, 1.165) is 17.4 Å². The van der Waals surface area contributed by atoms with Crippen molar-refractivity contribution in [2.24, 2.45) is 5.92 Å². The van der Waals surface area contributed by atoms with Gasteiger partial charge in [0.15, 0.2) is 0 Å². The Balaban J connectivity index is 2.39. The topological polar surface area (TPSA) is 12.0 Å². The van der Waals surface area contributed by atoms with Crippen LogP contribution in [0.4, 0.5) is 0 Å². The second-order valence-corrected chi connectivity index (χ2v) is 5.90. The first-order valence-electron chi connectivity index (χ1n) is 5.21. The Morgan fingerprint density at radius 1 is 1.53 bits per heavy atom. The van der Waals surface area contributed by atoms with Gasteiger partial charge < -0.3 is 5.32 Å². The van der Waals surface area contributed by atoms with Crippen LogP contribution in [0.2, 0.25) is 4.34 Å². The predicted molar refractivity (Wildman–Crippen MR) is 70.7 cm³/mol. The van der Waals surface area contributed by atoms with E-state index in [2.05, 4.69) is 38.2 Å². The van der Waals surface area contributed by atoms with Crippen LogP contribution < -0.4 is 5.32 Å². The van der Waals surface area contributed by atoms with E-state index in [9.17, 15) is 0 Å². The van der Waals surface area contributed by atoms with Crippen LogP contribution >= 0.6 is 22.9 Å². The van der Waals surface area contributed by atoms with Crippen molar-refractivity contribution in [3.8, 4) is 0 Å². The third-order valence-corrected chi connectivity index (χ3v) is 3.12. The van der Waals surface area contributed by atoms with Gasteiger partial charge in [-0.1, -0.05) is 31.0 Å². The molecule has 0 aliphatic rings. The maximum absolute atomic E-state index is 5.86. The Hall–Kier alpha value is -0.310. The molecule has 84 valence electrons. The standard InChI is InChI=1S/C12H18ClNS/c1-9(2)7-14-8-10(3)6-11-4-5-12(13)15-11/h4-6,9,14H,7-8H2,1-3H3. The Morgan fingerprint density at radius 3 is 2.80 bits per heavy atom. The highest BCUT2D eigenvalue weighted by atomic mass is 35.5. The SMILES string of the molecule is CC(=Cc1ccc(Cl)s1)CNCC(C)C. The lowest BCUT2D eigenvalue weighted by molar-refractivity contribution is 0.572. The number of thiophene rings is 1. The van der Waals surface area contributed by atoms with E-state index < -0.39 is 0 Å². The summed E-state index contributed by atoms with van der Waals surface area (Å²) in [5, 5.41) is 3.42. The fraction of sp³-hybridized carbons (Fsp3) is 0.500. The van der Waals surface area contributed by atoms with E-state index in [0.29, 0.717) is 5.92 Å². The van der Waals surface area contributed by atoms with Crippen LogP contribution in [0.3, 0.4) is 0 Å². The third-order valence-electron chi connectivity index (χ3n) is 1.94. The average Bonchev–Trinajstić information content (AvgIpc) is 2.50. The molecule has 1 aromatic rings. The fourth-order valence-corrected chi connectivity index (χ4v) is 2.35. The molecule has 0 aliphatic heterocycles. The molecule has 0 aliphatic carbocycles. The zero-order valence-corrected chi connectivity index (χ0v) is 11.1. The quantitative estimate of drug-likeness (QED) is 0.823. The van der Waals surface area contributed by atoms with Crippen molar-refractivity contribution in [1.29, 1.82) is 0 Å². The highest BCUT2D eigenvalue weighted by Crippen LogP contribution is 2.23. The van der Waals surface area contributed by atoms with Crippen LogP contribution in [0.15, 0.2) is 17.7 Å². The predicted octanol–water partition coefficient (Wildman–Crippen LogP) is 4.05. The summed E-state index contributed by atoms with van der Waals surface area (Å²) in [6, 6.07) is 3.99. The van der Waals surface area contributed by atoms with Crippen LogP contribution in [0.1, 0.15) is 25.6 Å². The molecule has 1 N–H and O–H groups in total. The minimum Gasteiger partial charge on any atom is -0.313 e. The number of nitrogens with one attached hydrogen (secondary N) is 1.